The maximum absolute atomic E-state index is 13.2. The Labute approximate surface area is 310 Å². The first kappa shape index (κ1) is 38.4. The van der Waals surface area contributed by atoms with E-state index in [-0.39, 0.29) is 37.0 Å². The maximum Gasteiger partial charge on any atom is 0.244 e. The number of benzene rings is 3. The Morgan fingerprint density at radius 2 is 0.962 bits per heavy atom. The van der Waals surface area contributed by atoms with Crippen LogP contribution in [-0.2, 0) is 22.4 Å². The van der Waals surface area contributed by atoms with Gasteiger partial charge in [0.1, 0.15) is 13.1 Å². The molecule has 0 radical (unpaired) electrons. The molecular formula is C42H58N8O2. The van der Waals surface area contributed by atoms with Gasteiger partial charge in [-0.1, -0.05) is 113 Å². The molecular weight excluding hydrogens is 649 g/mol. The highest BCUT2D eigenvalue weighted by Gasteiger charge is 2.36. The summed E-state index contributed by atoms with van der Waals surface area (Å²) in [7, 11) is 0. The third kappa shape index (κ3) is 11.1. The van der Waals surface area contributed by atoms with Crippen molar-refractivity contribution < 1.29 is 9.59 Å². The Kier molecular flexibility index (Phi) is 14.5. The topological polar surface area (TPSA) is 119 Å². The van der Waals surface area contributed by atoms with Gasteiger partial charge in [-0.25, -0.2) is 0 Å². The average Bonchev–Trinajstić information content (AvgIpc) is 3.59. The predicted molar refractivity (Wildman–Crippen MR) is 212 cm³/mol. The fraction of sp³-hybridized carbons (Fsp3) is 0.476. The molecule has 2 aliphatic heterocycles. The molecule has 0 aliphatic carbocycles. The number of amides is 2. The number of unbranched alkanes of at least 4 members (excludes halogenated alkanes) is 6. The van der Waals surface area contributed by atoms with Crippen LogP contribution in [-0.4, -0.2) is 94.7 Å². The summed E-state index contributed by atoms with van der Waals surface area (Å²) in [5.74, 6) is 0.486. The number of carbonyl (C=O) groups is 2. The van der Waals surface area contributed by atoms with E-state index < -0.39 is 0 Å². The van der Waals surface area contributed by atoms with Gasteiger partial charge < -0.3 is 30.2 Å². The normalized spacial score (nSPS) is 17.3. The van der Waals surface area contributed by atoms with Gasteiger partial charge >= 0.3 is 0 Å². The number of rotatable bonds is 20. The standard InChI is InChI=1S/C42H58N8O2/c1-3-5-7-15-25-49-37(27-33-17-11-9-12-18-33)29-47(41(49)43)31-39(51)45-35-21-23-36(24-22-35)46-40(52)32-48-30-38(28-34-19-13-10-14-20-34)50(42(48)44)26-16-8-6-4-2/h9-14,17-24,37-38,43-44H,3-8,15-16,25-32H2,1-2H3,(H,45,51)(H,46,52)/t37-,38-/m0/s1. The van der Waals surface area contributed by atoms with Crippen molar-refractivity contribution in [3.05, 3.63) is 96.1 Å². The Morgan fingerprint density at radius 1 is 0.577 bits per heavy atom. The fourth-order valence-corrected chi connectivity index (χ4v) is 7.37. The Balaban J connectivity index is 1.11. The van der Waals surface area contributed by atoms with Crippen molar-refractivity contribution in [1.29, 1.82) is 10.8 Å². The van der Waals surface area contributed by atoms with Gasteiger partial charge in [0, 0.05) is 37.6 Å². The second-order valence-corrected chi connectivity index (χ2v) is 14.3. The second kappa shape index (κ2) is 19.7. The molecule has 0 saturated carbocycles. The summed E-state index contributed by atoms with van der Waals surface area (Å²) in [5.41, 5.74) is 3.75. The SMILES string of the molecule is CCCCCCN1C(=N)N(CC(=O)Nc2ccc(NC(=O)CN3C[C@H](Cc4ccccc4)N(CCCCCC)C3=N)cc2)C[C@@H]1Cc1ccccc1. The van der Waals surface area contributed by atoms with E-state index in [2.05, 4.69) is 82.8 Å². The smallest absolute Gasteiger partial charge is 0.244 e. The zero-order valence-corrected chi connectivity index (χ0v) is 31.2. The third-order valence-electron chi connectivity index (χ3n) is 10.1. The first-order chi connectivity index (χ1) is 25.3. The molecule has 2 heterocycles. The minimum atomic E-state index is -0.176. The van der Waals surface area contributed by atoms with E-state index in [0.29, 0.717) is 36.4 Å². The van der Waals surface area contributed by atoms with Crippen molar-refractivity contribution in [3.63, 3.8) is 0 Å². The number of hydrogen-bond donors (Lipinski definition) is 4. The molecule has 5 rings (SSSR count). The highest BCUT2D eigenvalue weighted by Crippen LogP contribution is 2.23. The van der Waals surface area contributed by atoms with E-state index in [1.54, 1.807) is 24.3 Å². The Bertz CT molecular complexity index is 1460. The number of nitrogens with one attached hydrogen (secondary N) is 4. The summed E-state index contributed by atoms with van der Waals surface area (Å²) in [5, 5.41) is 23.8. The number of nitrogens with zero attached hydrogens (tertiary/aromatic N) is 4. The van der Waals surface area contributed by atoms with Crippen LogP contribution in [0, 0.1) is 10.8 Å². The molecule has 0 bridgehead atoms. The molecule has 2 atom stereocenters. The third-order valence-corrected chi connectivity index (χ3v) is 10.1. The molecule has 2 amide bonds. The number of anilines is 2. The average molecular weight is 707 g/mol. The van der Waals surface area contributed by atoms with E-state index in [0.717, 1.165) is 51.6 Å². The summed E-state index contributed by atoms with van der Waals surface area (Å²) in [6.07, 6.45) is 10.8. The molecule has 0 aromatic heterocycles. The summed E-state index contributed by atoms with van der Waals surface area (Å²) in [6, 6.07) is 28.2. The highest BCUT2D eigenvalue weighted by molar-refractivity contribution is 5.97. The van der Waals surface area contributed by atoms with Crippen molar-refractivity contribution in [2.45, 2.75) is 90.1 Å². The zero-order chi connectivity index (χ0) is 36.7. The first-order valence-corrected chi connectivity index (χ1v) is 19.3. The minimum absolute atomic E-state index is 0.108. The minimum Gasteiger partial charge on any atom is -0.338 e. The first-order valence-electron chi connectivity index (χ1n) is 19.3. The maximum atomic E-state index is 13.2. The number of carbonyl (C=O) groups excluding carboxylic acids is 2. The van der Waals surface area contributed by atoms with Gasteiger partial charge in [-0.15, -0.1) is 0 Å². The van der Waals surface area contributed by atoms with Crippen LogP contribution < -0.4 is 10.6 Å². The van der Waals surface area contributed by atoms with Crippen molar-refractivity contribution in [2.24, 2.45) is 0 Å². The van der Waals surface area contributed by atoms with Crippen molar-refractivity contribution in [3.8, 4) is 0 Å². The van der Waals surface area contributed by atoms with E-state index >= 15 is 0 Å². The van der Waals surface area contributed by atoms with Crippen molar-refractivity contribution >= 4 is 35.1 Å². The number of hydrogen-bond acceptors (Lipinski definition) is 4. The molecule has 3 aromatic carbocycles. The van der Waals surface area contributed by atoms with Crippen LogP contribution in [0.4, 0.5) is 11.4 Å². The lowest BCUT2D eigenvalue weighted by atomic mass is 10.1. The molecule has 10 heteroatoms. The molecule has 2 aliphatic rings. The van der Waals surface area contributed by atoms with Crippen molar-refractivity contribution in [2.75, 3.05) is 49.9 Å². The van der Waals surface area contributed by atoms with Gasteiger partial charge in [0.05, 0.1) is 12.1 Å². The Morgan fingerprint density at radius 3 is 1.33 bits per heavy atom. The predicted octanol–water partition coefficient (Wildman–Crippen LogP) is 7.05. The summed E-state index contributed by atoms with van der Waals surface area (Å²) in [6.45, 7) is 7.55. The summed E-state index contributed by atoms with van der Waals surface area (Å²) in [4.78, 5) is 34.4. The quantitative estimate of drug-likeness (QED) is 0.0936. The van der Waals surface area contributed by atoms with Gasteiger partial charge in [-0.05, 0) is 61.1 Å². The Hall–Kier alpha value is -4.86. The van der Waals surface area contributed by atoms with Crippen LogP contribution >= 0.6 is 0 Å². The van der Waals surface area contributed by atoms with Crippen LogP contribution in [0.2, 0.25) is 0 Å². The van der Waals surface area contributed by atoms with Gasteiger partial charge in [0.15, 0.2) is 11.9 Å². The summed E-state index contributed by atoms with van der Waals surface area (Å²) >= 11 is 0. The van der Waals surface area contributed by atoms with E-state index in [9.17, 15) is 9.59 Å². The molecule has 2 fully saturated rings. The van der Waals surface area contributed by atoms with E-state index in [1.807, 2.05) is 21.9 Å². The van der Waals surface area contributed by atoms with Gasteiger partial charge in [-0.3, -0.25) is 20.4 Å². The van der Waals surface area contributed by atoms with Gasteiger partial charge in [0.2, 0.25) is 11.8 Å². The molecule has 10 nitrogen and oxygen atoms in total. The second-order valence-electron chi connectivity index (χ2n) is 14.3. The molecule has 278 valence electrons. The zero-order valence-electron chi connectivity index (χ0n) is 31.2. The van der Waals surface area contributed by atoms with Crippen LogP contribution in [0.15, 0.2) is 84.9 Å². The number of guanidine groups is 2. The fourth-order valence-electron chi connectivity index (χ4n) is 7.37. The molecule has 0 unspecified atom stereocenters. The van der Waals surface area contributed by atoms with E-state index in [4.69, 9.17) is 10.8 Å². The van der Waals surface area contributed by atoms with Crippen LogP contribution in [0.1, 0.15) is 76.3 Å². The van der Waals surface area contributed by atoms with Gasteiger partial charge in [0.25, 0.3) is 0 Å². The van der Waals surface area contributed by atoms with Crippen LogP contribution in [0.5, 0.6) is 0 Å². The lowest BCUT2D eigenvalue weighted by molar-refractivity contribution is -0.117. The van der Waals surface area contributed by atoms with E-state index in [1.165, 1.54) is 36.8 Å². The summed E-state index contributed by atoms with van der Waals surface area (Å²) < 4.78 is 0. The monoisotopic (exact) mass is 706 g/mol. The van der Waals surface area contributed by atoms with Crippen molar-refractivity contribution in [1.82, 2.24) is 19.6 Å². The molecule has 52 heavy (non-hydrogen) atoms. The lowest BCUT2D eigenvalue weighted by Gasteiger charge is -2.25. The van der Waals surface area contributed by atoms with Gasteiger partial charge in [-0.2, -0.15) is 0 Å². The highest BCUT2D eigenvalue weighted by atomic mass is 16.2. The largest absolute Gasteiger partial charge is 0.338 e. The molecule has 2 saturated heterocycles. The molecule has 0 spiro atoms. The molecule has 3 aromatic rings. The lowest BCUT2D eigenvalue weighted by Crippen LogP contribution is -2.39. The van der Waals surface area contributed by atoms with Crippen LogP contribution in [0.3, 0.4) is 0 Å². The van der Waals surface area contributed by atoms with Crippen LogP contribution in [0.25, 0.3) is 0 Å². The molecule has 4 N–H and O–H groups in total.